The number of unbranched alkanes of at least 4 members (excludes halogenated alkanes) is 2. The molecule has 0 aliphatic rings. The van der Waals surface area contributed by atoms with E-state index in [0.29, 0.717) is 0 Å². The zero-order valence-electron chi connectivity index (χ0n) is 6.41. The summed E-state index contributed by atoms with van der Waals surface area (Å²) in [6, 6.07) is 0. The summed E-state index contributed by atoms with van der Waals surface area (Å²) in [6.07, 6.45) is 5.03. The molecule has 1 atom stereocenters. The second kappa shape index (κ2) is 6.00. The van der Waals surface area contributed by atoms with Gasteiger partial charge >= 0.3 is 0 Å². The molecule has 0 aliphatic heterocycles. The smallest absolute Gasteiger partial charge is 0.0264 e. The summed E-state index contributed by atoms with van der Waals surface area (Å²) >= 11 is 0. The first-order valence-electron chi connectivity index (χ1n) is 3.77. The summed E-state index contributed by atoms with van der Waals surface area (Å²) in [4.78, 5) is 0. The summed E-state index contributed by atoms with van der Waals surface area (Å²) in [5, 5.41) is 0. The Balaban J connectivity index is 2.72. The van der Waals surface area contributed by atoms with Crippen LogP contribution in [0, 0.1) is 0 Å². The van der Waals surface area contributed by atoms with E-state index < -0.39 is 0 Å². The summed E-state index contributed by atoms with van der Waals surface area (Å²) < 4.78 is 7.16. The lowest BCUT2D eigenvalue weighted by atomic mass is 10.2. The van der Waals surface area contributed by atoms with Gasteiger partial charge in [-0.1, -0.05) is 45.9 Å². The molecule has 0 aromatic rings. The highest BCUT2D eigenvalue weighted by molar-refractivity contribution is 4.35. The Morgan fingerprint density at radius 3 is 2.29 bits per heavy atom. The lowest BCUT2D eigenvalue weighted by Crippen LogP contribution is -1.70. The van der Waals surface area contributed by atoms with Crippen LogP contribution in [0.4, 0.5) is 0 Å². The third-order valence-electron chi connectivity index (χ3n) is 1.10. The van der Waals surface area contributed by atoms with Crippen LogP contribution in [0.25, 0.3) is 0 Å². The molecule has 0 aromatic heterocycles. The molecule has 0 spiro atoms. The minimum Gasteiger partial charge on any atom is -0.0654 e. The molecule has 0 saturated carbocycles. The molecular formula is C7H16. The molecule has 0 nitrogen and oxygen atoms in total. The molecule has 1 unspecified atom stereocenters. The first-order valence-corrected chi connectivity index (χ1v) is 3.19. The molecule has 0 rings (SSSR count). The van der Waals surface area contributed by atoms with Crippen molar-refractivity contribution in [3.05, 3.63) is 0 Å². The lowest BCUT2D eigenvalue weighted by molar-refractivity contribution is 0.656. The molecule has 44 valence electrons. The zero-order chi connectivity index (χ0) is 6.41. The molecule has 0 heterocycles. The SMILES string of the molecule is [2H]C(C)CCCCC. The molecule has 0 aromatic carbocycles. The molecule has 0 N–H and O–H groups in total. The van der Waals surface area contributed by atoms with Crippen LogP contribution in [0.2, 0.25) is 0 Å². The molecule has 0 heteroatoms. The van der Waals surface area contributed by atoms with Crippen LogP contribution in [0.3, 0.4) is 0 Å². The zero-order valence-corrected chi connectivity index (χ0v) is 5.41. The Kier molecular flexibility index (Phi) is 4.41. The Bertz CT molecular complexity index is 41.7. The van der Waals surface area contributed by atoms with Crippen LogP contribution in [0.1, 0.15) is 47.3 Å². The van der Waals surface area contributed by atoms with E-state index in [9.17, 15) is 0 Å². The fourth-order valence-corrected chi connectivity index (χ4v) is 0.598. The average Bonchev–Trinajstić information content (AvgIpc) is 1.66. The van der Waals surface area contributed by atoms with Crippen molar-refractivity contribution >= 4 is 0 Å². The summed E-state index contributed by atoms with van der Waals surface area (Å²) in [7, 11) is 0. The van der Waals surface area contributed by atoms with E-state index in [1.807, 2.05) is 6.92 Å². The van der Waals surface area contributed by atoms with Crippen molar-refractivity contribution in [2.24, 2.45) is 0 Å². The van der Waals surface area contributed by atoms with Crippen LogP contribution in [-0.2, 0) is 0 Å². The van der Waals surface area contributed by atoms with Crippen molar-refractivity contribution in [1.82, 2.24) is 0 Å². The maximum Gasteiger partial charge on any atom is 0.0264 e. The molecule has 0 radical (unpaired) electrons. The number of hydrogen-bond acceptors (Lipinski definition) is 0. The van der Waals surface area contributed by atoms with Crippen molar-refractivity contribution in [2.75, 3.05) is 0 Å². The van der Waals surface area contributed by atoms with E-state index in [-0.39, 0.29) is 6.40 Å². The van der Waals surface area contributed by atoms with E-state index >= 15 is 0 Å². The van der Waals surface area contributed by atoms with Crippen LogP contribution in [0.15, 0.2) is 0 Å². The standard InChI is InChI=1S/C7H16/c1-3-5-7-6-4-2/h3-7H2,1-2H3/i3D. The summed E-state index contributed by atoms with van der Waals surface area (Å²) in [5.41, 5.74) is 0. The summed E-state index contributed by atoms with van der Waals surface area (Å²) in [6.45, 7) is 4.14. The minimum atomic E-state index is 0.154. The third kappa shape index (κ3) is 6.00. The Morgan fingerprint density at radius 2 is 1.86 bits per heavy atom. The van der Waals surface area contributed by atoms with Crippen LogP contribution < -0.4 is 0 Å². The predicted octanol–water partition coefficient (Wildman–Crippen LogP) is 2.98. The topological polar surface area (TPSA) is 0 Å². The van der Waals surface area contributed by atoms with Crippen molar-refractivity contribution in [1.29, 1.82) is 0 Å². The monoisotopic (exact) mass is 101 g/mol. The quantitative estimate of drug-likeness (QED) is 0.477. The van der Waals surface area contributed by atoms with Gasteiger partial charge in [-0.3, -0.25) is 0 Å². The van der Waals surface area contributed by atoms with Gasteiger partial charge in [0.05, 0.1) is 0 Å². The maximum atomic E-state index is 7.16. The van der Waals surface area contributed by atoms with Gasteiger partial charge in [-0.15, -0.1) is 0 Å². The molecule has 0 aliphatic carbocycles. The van der Waals surface area contributed by atoms with E-state index in [4.69, 9.17) is 1.37 Å². The van der Waals surface area contributed by atoms with Crippen LogP contribution in [-0.4, -0.2) is 0 Å². The molecule has 0 saturated heterocycles. The van der Waals surface area contributed by atoms with E-state index in [2.05, 4.69) is 6.92 Å². The van der Waals surface area contributed by atoms with Gasteiger partial charge in [-0.2, -0.15) is 0 Å². The number of hydrogen-bond donors (Lipinski definition) is 0. The van der Waals surface area contributed by atoms with Crippen molar-refractivity contribution < 1.29 is 1.37 Å². The Labute approximate surface area is 48.3 Å². The fourth-order valence-electron chi connectivity index (χ4n) is 0.598. The minimum absolute atomic E-state index is 0.154. The van der Waals surface area contributed by atoms with Crippen molar-refractivity contribution in [3.8, 4) is 0 Å². The van der Waals surface area contributed by atoms with Gasteiger partial charge in [0.2, 0.25) is 0 Å². The van der Waals surface area contributed by atoms with Crippen LogP contribution >= 0.6 is 0 Å². The second-order valence-electron chi connectivity index (χ2n) is 1.90. The van der Waals surface area contributed by atoms with Crippen molar-refractivity contribution in [2.45, 2.75) is 45.9 Å². The van der Waals surface area contributed by atoms with Gasteiger partial charge in [-0.05, 0) is 0 Å². The second-order valence-corrected chi connectivity index (χ2v) is 1.90. The molecule has 0 amide bonds. The highest BCUT2D eigenvalue weighted by atomic mass is 13.9. The van der Waals surface area contributed by atoms with E-state index in [0.717, 1.165) is 6.42 Å². The first-order chi connectivity index (χ1) is 3.77. The highest BCUT2D eigenvalue weighted by Gasteiger charge is 1.80. The normalized spacial score (nSPS) is 16.0. The number of rotatable bonds is 4. The van der Waals surface area contributed by atoms with Gasteiger partial charge in [0, 0.05) is 1.37 Å². The fraction of sp³-hybridized carbons (Fsp3) is 1.00. The average molecular weight is 101 g/mol. The van der Waals surface area contributed by atoms with Gasteiger partial charge in [0.1, 0.15) is 0 Å². The first kappa shape index (κ1) is 5.14. The largest absolute Gasteiger partial charge is 0.0654 e. The molecule has 7 heavy (non-hydrogen) atoms. The van der Waals surface area contributed by atoms with E-state index in [1.54, 1.807) is 0 Å². The molecule has 0 fully saturated rings. The highest BCUT2D eigenvalue weighted by Crippen LogP contribution is 2.00. The van der Waals surface area contributed by atoms with Gasteiger partial charge in [-0.25, -0.2) is 0 Å². The van der Waals surface area contributed by atoms with Crippen LogP contribution in [0.5, 0.6) is 0 Å². The van der Waals surface area contributed by atoms with E-state index in [1.165, 1.54) is 19.3 Å². The maximum absolute atomic E-state index is 7.16. The Morgan fingerprint density at radius 1 is 1.14 bits per heavy atom. The predicted molar refractivity (Wildman–Crippen MR) is 34.4 cm³/mol. The third-order valence-corrected chi connectivity index (χ3v) is 1.10. The van der Waals surface area contributed by atoms with Gasteiger partial charge in [0.25, 0.3) is 0 Å². The van der Waals surface area contributed by atoms with Gasteiger partial charge in [0.15, 0.2) is 0 Å². The lowest BCUT2D eigenvalue weighted by Gasteiger charge is -1.90. The van der Waals surface area contributed by atoms with Crippen molar-refractivity contribution in [3.63, 3.8) is 0 Å². The molecule has 0 bridgehead atoms. The summed E-state index contributed by atoms with van der Waals surface area (Å²) in [5.74, 6) is 0. The Hall–Kier alpha value is 0. The molecular weight excluding hydrogens is 84.1 g/mol. The van der Waals surface area contributed by atoms with Gasteiger partial charge < -0.3 is 0 Å².